The maximum Gasteiger partial charge on any atom is 0.0689 e. The van der Waals surface area contributed by atoms with Crippen molar-refractivity contribution in [2.24, 2.45) is 0 Å². The lowest BCUT2D eigenvalue weighted by Gasteiger charge is -2.20. The van der Waals surface area contributed by atoms with Gasteiger partial charge in [-0.05, 0) is 12.8 Å². The second-order valence-electron chi connectivity index (χ2n) is 3.24. The Kier molecular flexibility index (Phi) is 7.77. The van der Waals surface area contributed by atoms with Gasteiger partial charge >= 0.3 is 0 Å². The molecule has 1 N–H and O–H groups in total. The summed E-state index contributed by atoms with van der Waals surface area (Å²) in [5.41, 5.74) is 0. The maximum absolute atomic E-state index is 5.40. The fourth-order valence-electron chi connectivity index (χ4n) is 1.27. The molecule has 0 spiro atoms. The molecule has 0 saturated heterocycles. The zero-order chi connectivity index (χ0) is 10.1. The summed E-state index contributed by atoms with van der Waals surface area (Å²) in [6.07, 6.45) is 8.61. The van der Waals surface area contributed by atoms with Gasteiger partial charge in [0, 0.05) is 13.2 Å². The number of nitrogens with one attached hydrogen (secondary N) is 1. The fourth-order valence-corrected chi connectivity index (χ4v) is 1.27. The van der Waals surface area contributed by atoms with E-state index in [1.165, 1.54) is 0 Å². The molecule has 13 heavy (non-hydrogen) atoms. The van der Waals surface area contributed by atoms with Gasteiger partial charge in [-0.15, -0.1) is 6.42 Å². The third-order valence-electron chi connectivity index (χ3n) is 2.08. The molecule has 0 aliphatic carbocycles. The van der Waals surface area contributed by atoms with Crippen LogP contribution in [0.2, 0.25) is 0 Å². The minimum absolute atomic E-state index is 0.199. The van der Waals surface area contributed by atoms with E-state index in [2.05, 4.69) is 25.1 Å². The summed E-state index contributed by atoms with van der Waals surface area (Å²) in [7, 11) is 1.72. The van der Waals surface area contributed by atoms with Crippen LogP contribution in [-0.4, -0.2) is 25.8 Å². The summed E-state index contributed by atoms with van der Waals surface area (Å²) in [5.74, 6) is 2.76. The first-order valence-corrected chi connectivity index (χ1v) is 4.99. The van der Waals surface area contributed by atoms with Crippen LogP contribution >= 0.6 is 0 Å². The van der Waals surface area contributed by atoms with Crippen LogP contribution in [-0.2, 0) is 4.74 Å². The summed E-state index contributed by atoms with van der Waals surface area (Å²) < 4.78 is 5.09. The van der Waals surface area contributed by atoms with Gasteiger partial charge in [0.2, 0.25) is 0 Å². The predicted molar refractivity (Wildman–Crippen MR) is 56.6 cm³/mol. The van der Waals surface area contributed by atoms with Crippen LogP contribution in [0.25, 0.3) is 0 Å². The number of hydrogen-bond acceptors (Lipinski definition) is 2. The van der Waals surface area contributed by atoms with Crippen molar-refractivity contribution in [3.63, 3.8) is 0 Å². The number of ether oxygens (including phenoxy) is 1. The first-order valence-electron chi connectivity index (χ1n) is 4.99. The van der Waals surface area contributed by atoms with E-state index in [1.54, 1.807) is 7.11 Å². The molecule has 0 heterocycles. The van der Waals surface area contributed by atoms with Gasteiger partial charge in [0.15, 0.2) is 0 Å². The molecule has 2 nitrogen and oxygen atoms in total. The predicted octanol–water partition coefficient (Wildman–Crippen LogP) is 1.80. The Morgan fingerprint density at radius 1 is 1.46 bits per heavy atom. The second kappa shape index (κ2) is 8.10. The molecule has 0 aliphatic heterocycles. The van der Waals surface area contributed by atoms with Gasteiger partial charge < -0.3 is 4.74 Å². The van der Waals surface area contributed by atoms with Crippen molar-refractivity contribution >= 4 is 0 Å². The van der Waals surface area contributed by atoms with Gasteiger partial charge in [0.05, 0.1) is 12.6 Å². The Labute approximate surface area is 82.1 Å². The van der Waals surface area contributed by atoms with Crippen LogP contribution in [0.3, 0.4) is 0 Å². The molecule has 0 radical (unpaired) electrons. The average Bonchev–Trinajstić information content (AvgIpc) is 2.16. The molecule has 76 valence electrons. The standard InChI is InChI=1S/C11H21NO/c1-5-8-10(6-2)12-11(7-3)9-13-4/h2,10-12H,5,7-9H2,1,3-4H3. The molecule has 0 amide bonds. The summed E-state index contributed by atoms with van der Waals surface area (Å²) in [6.45, 7) is 5.01. The highest BCUT2D eigenvalue weighted by Gasteiger charge is 2.10. The Morgan fingerprint density at radius 2 is 2.15 bits per heavy atom. The van der Waals surface area contributed by atoms with Gasteiger partial charge in [0.1, 0.15) is 0 Å². The van der Waals surface area contributed by atoms with Crippen LogP contribution in [0.15, 0.2) is 0 Å². The van der Waals surface area contributed by atoms with Crippen molar-refractivity contribution in [2.45, 2.75) is 45.2 Å². The van der Waals surface area contributed by atoms with E-state index in [9.17, 15) is 0 Å². The van der Waals surface area contributed by atoms with Crippen LogP contribution in [0.5, 0.6) is 0 Å². The highest BCUT2D eigenvalue weighted by atomic mass is 16.5. The zero-order valence-electron chi connectivity index (χ0n) is 8.97. The van der Waals surface area contributed by atoms with E-state index in [0.29, 0.717) is 6.04 Å². The molecule has 0 aliphatic rings. The van der Waals surface area contributed by atoms with E-state index in [0.717, 1.165) is 25.9 Å². The molecule has 0 aromatic heterocycles. The van der Waals surface area contributed by atoms with Crippen molar-refractivity contribution in [3.8, 4) is 12.3 Å². The normalized spacial score (nSPS) is 14.9. The van der Waals surface area contributed by atoms with Crippen LogP contribution < -0.4 is 5.32 Å². The minimum Gasteiger partial charge on any atom is -0.383 e. The molecule has 0 aromatic rings. The van der Waals surface area contributed by atoms with E-state index in [4.69, 9.17) is 11.2 Å². The largest absolute Gasteiger partial charge is 0.383 e. The van der Waals surface area contributed by atoms with Crippen LogP contribution in [0.4, 0.5) is 0 Å². The van der Waals surface area contributed by atoms with Crippen LogP contribution in [0, 0.1) is 12.3 Å². The topological polar surface area (TPSA) is 21.3 Å². The van der Waals surface area contributed by atoms with Gasteiger partial charge in [-0.25, -0.2) is 0 Å². The average molecular weight is 183 g/mol. The van der Waals surface area contributed by atoms with Gasteiger partial charge in [-0.1, -0.05) is 26.2 Å². The maximum atomic E-state index is 5.40. The van der Waals surface area contributed by atoms with E-state index >= 15 is 0 Å². The Morgan fingerprint density at radius 3 is 2.54 bits per heavy atom. The molecule has 2 unspecified atom stereocenters. The molecular weight excluding hydrogens is 162 g/mol. The van der Waals surface area contributed by atoms with Gasteiger partial charge in [-0.3, -0.25) is 5.32 Å². The SMILES string of the molecule is C#CC(CCC)NC(CC)COC. The highest BCUT2D eigenvalue weighted by molar-refractivity contribution is 4.99. The van der Waals surface area contributed by atoms with E-state index < -0.39 is 0 Å². The number of terminal acetylenes is 1. The summed E-state index contributed by atoms with van der Waals surface area (Å²) in [4.78, 5) is 0. The summed E-state index contributed by atoms with van der Waals surface area (Å²) in [6, 6.07) is 0.586. The summed E-state index contributed by atoms with van der Waals surface area (Å²) in [5, 5.41) is 3.39. The quantitative estimate of drug-likeness (QED) is 0.608. The second-order valence-corrected chi connectivity index (χ2v) is 3.24. The lowest BCUT2D eigenvalue weighted by Crippen LogP contribution is -2.39. The van der Waals surface area contributed by atoms with Crippen molar-refractivity contribution < 1.29 is 4.74 Å². The lowest BCUT2D eigenvalue weighted by molar-refractivity contribution is 0.161. The summed E-state index contributed by atoms with van der Waals surface area (Å²) >= 11 is 0. The molecule has 2 heteroatoms. The van der Waals surface area contributed by atoms with Crippen molar-refractivity contribution in [3.05, 3.63) is 0 Å². The minimum atomic E-state index is 0.199. The van der Waals surface area contributed by atoms with Gasteiger partial charge in [-0.2, -0.15) is 0 Å². The molecule has 0 aromatic carbocycles. The van der Waals surface area contributed by atoms with Crippen molar-refractivity contribution in [1.82, 2.24) is 5.32 Å². The highest BCUT2D eigenvalue weighted by Crippen LogP contribution is 1.99. The molecule has 0 bridgehead atoms. The first kappa shape index (κ1) is 12.5. The Hall–Kier alpha value is -0.520. The monoisotopic (exact) mass is 183 g/mol. The fraction of sp³-hybridized carbons (Fsp3) is 0.818. The third kappa shape index (κ3) is 5.68. The molecular formula is C11H21NO. The first-order chi connectivity index (χ1) is 6.28. The van der Waals surface area contributed by atoms with Gasteiger partial charge in [0.25, 0.3) is 0 Å². The van der Waals surface area contributed by atoms with Crippen LogP contribution in [0.1, 0.15) is 33.1 Å². The Balaban J connectivity index is 3.82. The molecule has 0 rings (SSSR count). The number of rotatable bonds is 7. The van der Waals surface area contributed by atoms with Crippen molar-refractivity contribution in [1.29, 1.82) is 0 Å². The lowest BCUT2D eigenvalue weighted by atomic mass is 10.1. The molecule has 2 atom stereocenters. The molecule has 0 fully saturated rings. The number of methoxy groups -OCH3 is 1. The smallest absolute Gasteiger partial charge is 0.0689 e. The number of hydrogen-bond donors (Lipinski definition) is 1. The third-order valence-corrected chi connectivity index (χ3v) is 2.08. The van der Waals surface area contributed by atoms with Crippen molar-refractivity contribution in [2.75, 3.05) is 13.7 Å². The van der Waals surface area contributed by atoms with E-state index in [1.807, 2.05) is 0 Å². The Bertz CT molecular complexity index is 151. The zero-order valence-corrected chi connectivity index (χ0v) is 8.97. The molecule has 0 saturated carbocycles. The van der Waals surface area contributed by atoms with E-state index in [-0.39, 0.29) is 6.04 Å².